The van der Waals surface area contributed by atoms with Gasteiger partial charge in [0.25, 0.3) is 0 Å². The molecule has 0 bridgehead atoms. The van der Waals surface area contributed by atoms with E-state index < -0.39 is 5.82 Å². The number of rotatable bonds is 8. The summed E-state index contributed by atoms with van der Waals surface area (Å²) in [6, 6.07) is 13.3. The van der Waals surface area contributed by atoms with E-state index in [9.17, 15) is 4.39 Å². The Morgan fingerprint density at radius 2 is 1.29 bits per heavy atom. The molecular formula is C24H21ClFN9. The number of nitrogens with one attached hydrogen (secondary N) is 3. The molecule has 3 N–H and O–H groups in total. The third-order valence-corrected chi connectivity index (χ3v) is 5.06. The smallest absolute Gasteiger partial charge is 0.231 e. The Kier molecular flexibility index (Phi) is 7.53. The Morgan fingerprint density at radius 1 is 0.771 bits per heavy atom. The van der Waals surface area contributed by atoms with Gasteiger partial charge in [-0.1, -0.05) is 11.6 Å². The van der Waals surface area contributed by atoms with Crippen LogP contribution in [-0.4, -0.2) is 31.4 Å². The van der Waals surface area contributed by atoms with Gasteiger partial charge in [0.1, 0.15) is 5.82 Å². The number of hydrogen-bond donors (Lipinski definition) is 3. The highest BCUT2D eigenvalue weighted by atomic mass is 35.5. The summed E-state index contributed by atoms with van der Waals surface area (Å²) < 4.78 is 13.5. The Bertz CT molecular complexity index is 1290. The third kappa shape index (κ3) is 6.55. The first-order valence-electron chi connectivity index (χ1n) is 10.5. The van der Waals surface area contributed by atoms with Crippen LogP contribution in [0.4, 0.5) is 27.7 Å². The quantitative estimate of drug-likeness (QED) is 0.222. The molecule has 11 heteroatoms. The van der Waals surface area contributed by atoms with E-state index in [1.165, 1.54) is 18.2 Å². The fraction of sp³-hybridized carbons (Fsp3) is 0.0833. The lowest BCUT2D eigenvalue weighted by Crippen LogP contribution is -2.07. The van der Waals surface area contributed by atoms with E-state index in [-0.39, 0.29) is 11.0 Å². The molecule has 0 spiro atoms. The van der Waals surface area contributed by atoms with Crippen molar-refractivity contribution in [1.82, 2.24) is 19.9 Å². The largest absolute Gasteiger partial charge is 0.324 e. The normalized spacial score (nSPS) is 11.8. The second-order valence-electron chi connectivity index (χ2n) is 7.31. The van der Waals surface area contributed by atoms with Crippen LogP contribution in [0.25, 0.3) is 0 Å². The van der Waals surface area contributed by atoms with E-state index in [1.54, 1.807) is 30.9 Å². The number of pyridine rings is 2. The van der Waals surface area contributed by atoms with Gasteiger partial charge in [0.2, 0.25) is 5.95 Å². The van der Waals surface area contributed by atoms with Crippen LogP contribution in [0.2, 0.25) is 5.02 Å². The highest BCUT2D eigenvalue weighted by Gasteiger charge is 2.08. The molecule has 35 heavy (non-hydrogen) atoms. The van der Waals surface area contributed by atoms with Crippen molar-refractivity contribution in [3.05, 3.63) is 95.3 Å². The molecule has 0 fully saturated rings. The summed E-state index contributed by atoms with van der Waals surface area (Å²) in [5, 5.41) is 11.8. The van der Waals surface area contributed by atoms with Gasteiger partial charge in [-0.2, -0.15) is 20.2 Å². The van der Waals surface area contributed by atoms with Crippen LogP contribution >= 0.6 is 11.6 Å². The fourth-order valence-electron chi connectivity index (χ4n) is 2.92. The molecule has 176 valence electrons. The second kappa shape index (κ2) is 11.1. The Labute approximate surface area is 206 Å². The Balaban J connectivity index is 1.61. The summed E-state index contributed by atoms with van der Waals surface area (Å²) >= 11 is 5.90. The Morgan fingerprint density at radius 3 is 1.77 bits per heavy atom. The van der Waals surface area contributed by atoms with Crippen LogP contribution in [0.1, 0.15) is 25.0 Å². The Hall–Kier alpha value is -4.44. The zero-order chi connectivity index (χ0) is 24.6. The molecule has 0 atom stereocenters. The molecule has 0 saturated heterocycles. The summed E-state index contributed by atoms with van der Waals surface area (Å²) in [6.07, 6.45) is 6.78. The fourth-order valence-corrected chi connectivity index (χ4v) is 3.10. The SMILES string of the molecule is CC(=NNc1cc(NN=C(C)c2ccncc2)nc(Nc2ccc(F)c(Cl)c2)n1)c1ccncc1. The maximum Gasteiger partial charge on any atom is 0.231 e. The molecule has 0 aliphatic heterocycles. The highest BCUT2D eigenvalue weighted by Crippen LogP contribution is 2.23. The average Bonchev–Trinajstić information content (AvgIpc) is 2.89. The zero-order valence-electron chi connectivity index (χ0n) is 18.9. The van der Waals surface area contributed by atoms with E-state index in [0.717, 1.165) is 22.6 Å². The summed E-state index contributed by atoms with van der Waals surface area (Å²) in [5.74, 6) is 0.526. The standard InChI is InChI=1S/C24H21ClFN9/c1-15(17-5-9-27-10-6-17)32-34-22-14-23(35-33-16(2)18-7-11-28-12-8-18)31-24(30-22)29-19-3-4-21(26)20(25)13-19/h3-14H,1-2H3,(H3,29,30,31,34,35). The van der Waals surface area contributed by atoms with E-state index >= 15 is 0 Å². The minimum Gasteiger partial charge on any atom is -0.324 e. The van der Waals surface area contributed by atoms with E-state index in [2.05, 4.69) is 46.3 Å². The summed E-state index contributed by atoms with van der Waals surface area (Å²) in [6.45, 7) is 3.73. The first-order chi connectivity index (χ1) is 17.0. The number of hydrazone groups is 2. The van der Waals surface area contributed by atoms with Crippen molar-refractivity contribution < 1.29 is 4.39 Å². The van der Waals surface area contributed by atoms with Crippen molar-refractivity contribution in [2.45, 2.75) is 13.8 Å². The van der Waals surface area contributed by atoms with E-state index in [0.29, 0.717) is 17.3 Å². The minimum atomic E-state index is -0.516. The lowest BCUT2D eigenvalue weighted by atomic mass is 10.2. The predicted molar refractivity (Wildman–Crippen MR) is 137 cm³/mol. The molecule has 0 aliphatic carbocycles. The molecule has 0 radical (unpaired) electrons. The van der Waals surface area contributed by atoms with Gasteiger partial charge in [0.15, 0.2) is 11.6 Å². The van der Waals surface area contributed by atoms with Gasteiger partial charge in [-0.05, 0) is 56.3 Å². The van der Waals surface area contributed by atoms with Gasteiger partial charge < -0.3 is 5.32 Å². The molecule has 4 rings (SSSR count). The van der Waals surface area contributed by atoms with Crippen LogP contribution in [0.3, 0.4) is 0 Å². The van der Waals surface area contributed by atoms with E-state index in [1.807, 2.05) is 38.1 Å². The van der Waals surface area contributed by atoms with Gasteiger partial charge >= 0.3 is 0 Å². The van der Waals surface area contributed by atoms with Crippen LogP contribution in [0.5, 0.6) is 0 Å². The van der Waals surface area contributed by atoms with Crippen molar-refractivity contribution in [2.24, 2.45) is 10.2 Å². The number of aromatic nitrogens is 4. The molecule has 0 unspecified atom stereocenters. The van der Waals surface area contributed by atoms with Gasteiger partial charge in [-0.25, -0.2) is 4.39 Å². The summed E-state index contributed by atoms with van der Waals surface area (Å²) in [7, 11) is 0. The van der Waals surface area contributed by atoms with Crippen molar-refractivity contribution in [3.8, 4) is 0 Å². The summed E-state index contributed by atoms with van der Waals surface area (Å²) in [5.41, 5.74) is 9.72. The van der Waals surface area contributed by atoms with Gasteiger partial charge in [-0.15, -0.1) is 0 Å². The third-order valence-electron chi connectivity index (χ3n) is 4.77. The van der Waals surface area contributed by atoms with Crippen molar-refractivity contribution in [1.29, 1.82) is 0 Å². The van der Waals surface area contributed by atoms with Gasteiger partial charge in [-0.3, -0.25) is 20.8 Å². The molecule has 0 aliphatic rings. The molecule has 1 aromatic carbocycles. The van der Waals surface area contributed by atoms with Crippen LogP contribution < -0.4 is 16.2 Å². The molecule has 3 heterocycles. The molecular weight excluding hydrogens is 469 g/mol. The second-order valence-corrected chi connectivity index (χ2v) is 7.71. The van der Waals surface area contributed by atoms with E-state index in [4.69, 9.17) is 11.6 Å². The van der Waals surface area contributed by atoms with Crippen LogP contribution in [0.15, 0.2) is 83.5 Å². The van der Waals surface area contributed by atoms with Gasteiger partial charge in [0, 0.05) is 47.7 Å². The summed E-state index contributed by atoms with van der Waals surface area (Å²) in [4.78, 5) is 16.9. The molecule has 4 aromatic rings. The topological polar surface area (TPSA) is 112 Å². The number of nitrogens with zero attached hydrogens (tertiary/aromatic N) is 6. The lowest BCUT2D eigenvalue weighted by Gasteiger charge is -2.11. The average molecular weight is 490 g/mol. The highest BCUT2D eigenvalue weighted by molar-refractivity contribution is 6.31. The first kappa shape index (κ1) is 23.7. The maximum absolute atomic E-state index is 13.5. The number of anilines is 4. The number of benzene rings is 1. The molecule has 0 saturated carbocycles. The van der Waals surface area contributed by atoms with Crippen molar-refractivity contribution in [2.75, 3.05) is 16.2 Å². The maximum atomic E-state index is 13.5. The lowest BCUT2D eigenvalue weighted by molar-refractivity contribution is 0.628. The number of hydrogen-bond acceptors (Lipinski definition) is 9. The van der Waals surface area contributed by atoms with Crippen LogP contribution in [-0.2, 0) is 0 Å². The predicted octanol–water partition coefficient (Wildman–Crippen LogP) is 5.47. The minimum absolute atomic E-state index is 0.0159. The number of halogens is 2. The zero-order valence-corrected chi connectivity index (χ0v) is 19.6. The molecule has 0 amide bonds. The van der Waals surface area contributed by atoms with Gasteiger partial charge in [0.05, 0.1) is 16.4 Å². The van der Waals surface area contributed by atoms with Crippen LogP contribution in [0, 0.1) is 5.82 Å². The monoisotopic (exact) mass is 489 g/mol. The molecule has 9 nitrogen and oxygen atoms in total. The first-order valence-corrected chi connectivity index (χ1v) is 10.9. The van der Waals surface area contributed by atoms with Crippen molar-refractivity contribution in [3.63, 3.8) is 0 Å². The molecule has 3 aromatic heterocycles. The van der Waals surface area contributed by atoms with Crippen molar-refractivity contribution >= 4 is 46.3 Å².